The van der Waals surface area contributed by atoms with Crippen molar-refractivity contribution in [3.05, 3.63) is 35.6 Å². The maximum absolute atomic E-state index is 12.9. The third-order valence-electron chi connectivity index (χ3n) is 4.62. The first kappa shape index (κ1) is 14.5. The minimum Gasteiger partial charge on any atom is -0.387 e. The first-order valence-corrected chi connectivity index (χ1v) is 7.86. The van der Waals surface area contributed by atoms with Crippen LogP contribution in [0.4, 0.5) is 4.39 Å². The second-order valence-electron chi connectivity index (χ2n) is 6.35. The highest BCUT2D eigenvalue weighted by Crippen LogP contribution is 2.34. The Bertz CT molecular complexity index is 494. The van der Waals surface area contributed by atoms with E-state index >= 15 is 0 Å². The van der Waals surface area contributed by atoms with Crippen LogP contribution < -0.4 is 0 Å². The van der Waals surface area contributed by atoms with Crippen LogP contribution in [0.15, 0.2) is 24.3 Å². The Hall–Kier alpha value is -1.42. The predicted molar refractivity (Wildman–Crippen MR) is 78.1 cm³/mol. The number of hydrogen-bond acceptors (Lipinski definition) is 2. The number of halogens is 1. The maximum atomic E-state index is 12.9. The fourth-order valence-corrected chi connectivity index (χ4v) is 2.88. The van der Waals surface area contributed by atoms with Gasteiger partial charge in [-0.1, -0.05) is 18.6 Å². The average Bonchev–Trinajstić information content (AvgIpc) is 3.25. The summed E-state index contributed by atoms with van der Waals surface area (Å²) in [6, 6.07) is 6.16. The van der Waals surface area contributed by atoms with Crippen molar-refractivity contribution in [2.75, 3.05) is 6.54 Å². The van der Waals surface area contributed by atoms with Crippen LogP contribution in [0.5, 0.6) is 0 Å². The molecular weight excluding hydrogens is 269 g/mol. The van der Waals surface area contributed by atoms with Gasteiger partial charge >= 0.3 is 0 Å². The highest BCUT2D eigenvalue weighted by molar-refractivity contribution is 5.77. The predicted octanol–water partition coefficient (Wildman–Crippen LogP) is 3.04. The van der Waals surface area contributed by atoms with Gasteiger partial charge in [0.1, 0.15) is 5.82 Å². The molecule has 1 aromatic carbocycles. The molecule has 1 aromatic rings. The summed E-state index contributed by atoms with van der Waals surface area (Å²) < 4.78 is 12.9. The first-order valence-electron chi connectivity index (χ1n) is 7.86. The standard InChI is InChI=1S/C17H22FNO2/c18-14-6-4-13(5-7-14)16(20)11-19(15-8-9-15)17(21)10-12-2-1-3-12/h4-7,12,15-16,20H,1-3,8-11H2. The van der Waals surface area contributed by atoms with Crippen LogP contribution in [0.1, 0.15) is 50.2 Å². The monoisotopic (exact) mass is 291 g/mol. The molecule has 21 heavy (non-hydrogen) atoms. The second kappa shape index (κ2) is 6.14. The molecule has 1 unspecified atom stereocenters. The topological polar surface area (TPSA) is 40.5 Å². The van der Waals surface area contributed by atoms with E-state index in [1.807, 2.05) is 4.90 Å². The third kappa shape index (κ3) is 3.62. The molecule has 0 radical (unpaired) electrons. The summed E-state index contributed by atoms with van der Waals surface area (Å²) in [6.45, 7) is 0.321. The summed E-state index contributed by atoms with van der Waals surface area (Å²) in [5, 5.41) is 10.3. The molecule has 1 N–H and O–H groups in total. The van der Waals surface area contributed by atoms with Gasteiger partial charge in [-0.25, -0.2) is 4.39 Å². The SMILES string of the molecule is O=C(CC1CCC1)N(CC(O)c1ccc(F)cc1)C1CC1. The Morgan fingerprint density at radius 3 is 2.43 bits per heavy atom. The number of aliphatic hydroxyl groups is 1. The summed E-state index contributed by atoms with van der Waals surface area (Å²) >= 11 is 0. The van der Waals surface area contributed by atoms with Crippen LogP contribution in [0.3, 0.4) is 0 Å². The lowest BCUT2D eigenvalue weighted by atomic mass is 9.82. The summed E-state index contributed by atoms with van der Waals surface area (Å²) in [5.74, 6) is 0.399. The fourth-order valence-electron chi connectivity index (χ4n) is 2.88. The molecule has 2 fully saturated rings. The van der Waals surface area contributed by atoms with Gasteiger partial charge in [-0.15, -0.1) is 0 Å². The van der Waals surface area contributed by atoms with Crippen molar-refractivity contribution in [2.24, 2.45) is 5.92 Å². The number of benzene rings is 1. The van der Waals surface area contributed by atoms with E-state index in [9.17, 15) is 14.3 Å². The van der Waals surface area contributed by atoms with Gasteiger partial charge in [0.15, 0.2) is 0 Å². The Labute approximate surface area is 124 Å². The summed E-state index contributed by atoms with van der Waals surface area (Å²) in [4.78, 5) is 14.2. The minimum atomic E-state index is -0.739. The van der Waals surface area contributed by atoms with Crippen LogP contribution in [0, 0.1) is 11.7 Å². The molecule has 4 heteroatoms. The Kier molecular flexibility index (Phi) is 4.24. The van der Waals surface area contributed by atoms with Crippen molar-refractivity contribution < 1.29 is 14.3 Å². The van der Waals surface area contributed by atoms with E-state index in [1.165, 1.54) is 18.6 Å². The molecule has 2 saturated carbocycles. The zero-order valence-corrected chi connectivity index (χ0v) is 12.2. The molecule has 3 rings (SSSR count). The molecule has 0 aliphatic heterocycles. The van der Waals surface area contributed by atoms with Gasteiger partial charge in [0.05, 0.1) is 12.6 Å². The minimum absolute atomic E-state index is 0.170. The molecule has 0 spiro atoms. The number of rotatable bonds is 6. The lowest BCUT2D eigenvalue weighted by molar-refractivity contribution is -0.135. The van der Waals surface area contributed by atoms with Crippen LogP contribution in [0.25, 0.3) is 0 Å². The molecule has 2 aliphatic rings. The van der Waals surface area contributed by atoms with E-state index in [4.69, 9.17) is 0 Å². The zero-order chi connectivity index (χ0) is 14.8. The quantitative estimate of drug-likeness (QED) is 0.875. The highest BCUT2D eigenvalue weighted by Gasteiger charge is 2.35. The van der Waals surface area contributed by atoms with Crippen molar-refractivity contribution in [1.82, 2.24) is 4.90 Å². The highest BCUT2D eigenvalue weighted by atomic mass is 19.1. The van der Waals surface area contributed by atoms with Gasteiger partial charge in [-0.3, -0.25) is 4.79 Å². The van der Waals surface area contributed by atoms with Crippen LogP contribution in [0.2, 0.25) is 0 Å². The summed E-state index contributed by atoms with van der Waals surface area (Å²) in [7, 11) is 0. The lowest BCUT2D eigenvalue weighted by Gasteiger charge is -2.30. The van der Waals surface area contributed by atoms with Gasteiger partial charge in [-0.05, 0) is 49.3 Å². The molecule has 0 saturated heterocycles. The lowest BCUT2D eigenvalue weighted by Crippen LogP contribution is -2.38. The summed E-state index contributed by atoms with van der Waals surface area (Å²) in [5.41, 5.74) is 0.665. The number of carbonyl (C=O) groups is 1. The third-order valence-corrected chi connectivity index (χ3v) is 4.62. The van der Waals surface area contributed by atoms with E-state index in [0.29, 0.717) is 30.5 Å². The van der Waals surface area contributed by atoms with Gasteiger partial charge in [0.2, 0.25) is 5.91 Å². The van der Waals surface area contributed by atoms with E-state index in [0.717, 1.165) is 25.7 Å². The number of carbonyl (C=O) groups excluding carboxylic acids is 1. The Balaban J connectivity index is 1.61. The molecule has 1 atom stereocenters. The smallest absolute Gasteiger partial charge is 0.223 e. The average molecular weight is 291 g/mol. The van der Waals surface area contributed by atoms with Crippen LogP contribution in [-0.2, 0) is 4.79 Å². The van der Waals surface area contributed by atoms with E-state index < -0.39 is 6.10 Å². The maximum Gasteiger partial charge on any atom is 0.223 e. The number of aliphatic hydroxyl groups excluding tert-OH is 1. The van der Waals surface area contributed by atoms with E-state index in [1.54, 1.807) is 12.1 Å². The molecule has 3 nitrogen and oxygen atoms in total. The van der Waals surface area contributed by atoms with E-state index in [2.05, 4.69) is 0 Å². The van der Waals surface area contributed by atoms with Crippen LogP contribution in [-0.4, -0.2) is 28.5 Å². The first-order chi connectivity index (χ1) is 10.1. The molecule has 1 amide bonds. The molecule has 114 valence electrons. The number of amides is 1. The van der Waals surface area contributed by atoms with Crippen molar-refractivity contribution in [3.63, 3.8) is 0 Å². The largest absolute Gasteiger partial charge is 0.387 e. The number of nitrogens with zero attached hydrogens (tertiary/aromatic N) is 1. The second-order valence-corrected chi connectivity index (χ2v) is 6.35. The Morgan fingerprint density at radius 1 is 1.24 bits per heavy atom. The Morgan fingerprint density at radius 2 is 1.90 bits per heavy atom. The van der Waals surface area contributed by atoms with Crippen molar-refractivity contribution in [1.29, 1.82) is 0 Å². The fraction of sp³-hybridized carbons (Fsp3) is 0.588. The van der Waals surface area contributed by atoms with Gasteiger partial charge in [-0.2, -0.15) is 0 Å². The van der Waals surface area contributed by atoms with E-state index in [-0.39, 0.29) is 11.7 Å². The van der Waals surface area contributed by atoms with Crippen molar-refractivity contribution >= 4 is 5.91 Å². The summed E-state index contributed by atoms with van der Waals surface area (Å²) in [6.07, 6.45) is 5.50. The molecule has 0 bridgehead atoms. The molecule has 0 aromatic heterocycles. The van der Waals surface area contributed by atoms with Gasteiger partial charge in [0, 0.05) is 12.5 Å². The molecule has 0 heterocycles. The molecule has 2 aliphatic carbocycles. The number of hydrogen-bond donors (Lipinski definition) is 1. The van der Waals surface area contributed by atoms with Crippen LogP contribution >= 0.6 is 0 Å². The van der Waals surface area contributed by atoms with Gasteiger partial charge in [0.25, 0.3) is 0 Å². The zero-order valence-electron chi connectivity index (χ0n) is 12.2. The van der Waals surface area contributed by atoms with Crippen molar-refractivity contribution in [2.45, 2.75) is 50.7 Å². The molecular formula is C17H22FNO2. The van der Waals surface area contributed by atoms with Crippen molar-refractivity contribution in [3.8, 4) is 0 Å². The normalized spacial score (nSPS) is 19.9. The van der Waals surface area contributed by atoms with Gasteiger partial charge < -0.3 is 10.0 Å².